The molecular formula is C31H50N2O3. The Morgan fingerprint density at radius 2 is 1.44 bits per heavy atom. The standard InChI is InChI=1S/C13H18O.C9H12O.C5H8N2O.2C2H6/c1-11(2)14-10-13(8-9-13)12-6-4-3-5-7-12;1-2-10-8-9-6-4-3-5-7-9;1-8-4-5-2-3-6-7-5;2*1-2/h3-7,11H,8-10H2,1-2H3;3-7H,2,8H2,1H3;2-3H,4H2,1H3,(H,6,7);2*1-2H3. The fraction of sp³-hybridized carbons (Fsp3) is 0.516. The van der Waals surface area contributed by atoms with Crippen LogP contribution in [0.15, 0.2) is 72.9 Å². The van der Waals surface area contributed by atoms with Crippen molar-refractivity contribution in [2.75, 3.05) is 20.3 Å². The third-order valence-corrected chi connectivity index (χ3v) is 5.11. The van der Waals surface area contributed by atoms with E-state index >= 15 is 0 Å². The highest BCUT2D eigenvalue weighted by Crippen LogP contribution is 2.48. The molecule has 0 radical (unpaired) electrons. The van der Waals surface area contributed by atoms with Crippen LogP contribution in [-0.4, -0.2) is 36.6 Å². The van der Waals surface area contributed by atoms with Gasteiger partial charge in [-0.2, -0.15) is 5.10 Å². The molecule has 36 heavy (non-hydrogen) atoms. The van der Waals surface area contributed by atoms with Crippen LogP contribution in [0.4, 0.5) is 0 Å². The van der Waals surface area contributed by atoms with Crippen molar-refractivity contribution in [2.24, 2.45) is 0 Å². The first-order valence-electron chi connectivity index (χ1n) is 13.4. The first kappa shape index (κ1) is 33.5. The average molecular weight is 499 g/mol. The number of hydrogen-bond donors (Lipinski definition) is 1. The fourth-order valence-electron chi connectivity index (χ4n) is 3.10. The van der Waals surface area contributed by atoms with E-state index in [1.807, 2.05) is 58.9 Å². The van der Waals surface area contributed by atoms with Gasteiger partial charge in [0.05, 0.1) is 31.6 Å². The highest BCUT2D eigenvalue weighted by Gasteiger charge is 2.44. The Balaban J connectivity index is 0.000000494. The molecule has 1 N–H and O–H groups in total. The molecule has 5 heteroatoms. The number of rotatable bonds is 9. The quantitative estimate of drug-likeness (QED) is 0.325. The highest BCUT2D eigenvalue weighted by atomic mass is 16.5. The number of benzene rings is 2. The van der Waals surface area contributed by atoms with E-state index in [2.05, 4.69) is 66.5 Å². The van der Waals surface area contributed by atoms with E-state index in [0.717, 1.165) is 25.5 Å². The second-order valence-electron chi connectivity index (χ2n) is 8.14. The molecule has 1 aromatic heterocycles. The lowest BCUT2D eigenvalue weighted by molar-refractivity contribution is 0.0619. The van der Waals surface area contributed by atoms with E-state index in [4.69, 9.17) is 14.2 Å². The minimum atomic E-state index is 0.344. The summed E-state index contributed by atoms with van der Waals surface area (Å²) in [5.41, 5.74) is 4.04. The number of nitrogens with zero attached hydrogens (tertiary/aromatic N) is 1. The van der Waals surface area contributed by atoms with Crippen LogP contribution < -0.4 is 0 Å². The third-order valence-electron chi connectivity index (χ3n) is 5.11. The smallest absolute Gasteiger partial charge is 0.0878 e. The van der Waals surface area contributed by atoms with Gasteiger partial charge in [0.1, 0.15) is 0 Å². The maximum Gasteiger partial charge on any atom is 0.0878 e. The summed E-state index contributed by atoms with van der Waals surface area (Å²) in [6.07, 6.45) is 4.61. The molecule has 0 bridgehead atoms. The predicted octanol–water partition coefficient (Wildman–Crippen LogP) is 7.97. The number of aromatic amines is 1. The zero-order valence-corrected chi connectivity index (χ0v) is 23.9. The zero-order valence-electron chi connectivity index (χ0n) is 23.9. The van der Waals surface area contributed by atoms with E-state index in [1.165, 1.54) is 24.0 Å². The van der Waals surface area contributed by atoms with Crippen LogP contribution in [0, 0.1) is 0 Å². The second-order valence-corrected chi connectivity index (χ2v) is 8.14. The van der Waals surface area contributed by atoms with Gasteiger partial charge in [0.2, 0.25) is 0 Å². The number of ether oxygens (including phenoxy) is 3. The summed E-state index contributed by atoms with van der Waals surface area (Å²) in [6.45, 7) is 17.2. The maximum absolute atomic E-state index is 5.72. The Morgan fingerprint density at radius 1 is 0.861 bits per heavy atom. The Morgan fingerprint density at radius 3 is 1.89 bits per heavy atom. The number of hydrogen-bond acceptors (Lipinski definition) is 4. The lowest BCUT2D eigenvalue weighted by Gasteiger charge is -2.17. The average Bonchev–Trinajstić information content (AvgIpc) is 3.57. The van der Waals surface area contributed by atoms with Crippen molar-refractivity contribution in [2.45, 2.75) is 86.0 Å². The van der Waals surface area contributed by atoms with Crippen molar-refractivity contribution in [3.8, 4) is 0 Å². The second kappa shape index (κ2) is 21.8. The van der Waals surface area contributed by atoms with E-state index in [0.29, 0.717) is 18.1 Å². The van der Waals surface area contributed by atoms with E-state index in [-0.39, 0.29) is 0 Å². The molecule has 0 amide bonds. The molecule has 0 saturated heterocycles. The minimum absolute atomic E-state index is 0.344. The van der Waals surface area contributed by atoms with Crippen molar-refractivity contribution in [3.05, 3.63) is 89.7 Å². The SMILES string of the molecule is CC.CC.CC(C)OCC1(c2ccccc2)CC1.CCOCc1ccccc1.COCc1ccn[nH]1. The van der Waals surface area contributed by atoms with Gasteiger partial charge in [-0.1, -0.05) is 88.4 Å². The van der Waals surface area contributed by atoms with Crippen molar-refractivity contribution < 1.29 is 14.2 Å². The molecule has 3 aromatic rings. The molecule has 0 atom stereocenters. The summed E-state index contributed by atoms with van der Waals surface area (Å²) >= 11 is 0. The Bertz CT molecular complexity index is 818. The molecule has 2 aromatic carbocycles. The van der Waals surface area contributed by atoms with Crippen LogP contribution in [0.5, 0.6) is 0 Å². The number of methoxy groups -OCH3 is 1. The maximum atomic E-state index is 5.72. The molecule has 1 aliphatic rings. The van der Waals surface area contributed by atoms with Crippen LogP contribution in [0.3, 0.4) is 0 Å². The largest absolute Gasteiger partial charge is 0.378 e. The number of H-pyrrole nitrogens is 1. The summed E-state index contributed by atoms with van der Waals surface area (Å²) in [6, 6.07) is 22.8. The van der Waals surface area contributed by atoms with Crippen LogP contribution in [0.2, 0.25) is 0 Å². The topological polar surface area (TPSA) is 56.4 Å². The Hall–Kier alpha value is -2.47. The lowest BCUT2D eigenvalue weighted by atomic mass is 9.97. The van der Waals surface area contributed by atoms with Gasteiger partial charge in [0.25, 0.3) is 0 Å². The monoisotopic (exact) mass is 498 g/mol. The normalized spacial score (nSPS) is 12.4. The molecule has 202 valence electrons. The predicted molar refractivity (Wildman–Crippen MR) is 152 cm³/mol. The van der Waals surface area contributed by atoms with Crippen molar-refractivity contribution in [3.63, 3.8) is 0 Å². The van der Waals surface area contributed by atoms with E-state index < -0.39 is 0 Å². The van der Waals surface area contributed by atoms with Crippen LogP contribution in [-0.2, 0) is 32.8 Å². The first-order chi connectivity index (χ1) is 17.6. The van der Waals surface area contributed by atoms with Gasteiger partial charge in [0.15, 0.2) is 0 Å². The van der Waals surface area contributed by atoms with Crippen molar-refractivity contribution >= 4 is 0 Å². The van der Waals surface area contributed by atoms with Crippen LogP contribution in [0.1, 0.15) is 78.1 Å². The molecular weight excluding hydrogens is 448 g/mol. The van der Waals surface area contributed by atoms with E-state index in [9.17, 15) is 0 Å². The minimum Gasteiger partial charge on any atom is -0.378 e. The summed E-state index contributed by atoms with van der Waals surface area (Å²) in [4.78, 5) is 0. The lowest BCUT2D eigenvalue weighted by Crippen LogP contribution is -2.18. The van der Waals surface area contributed by atoms with Crippen LogP contribution >= 0.6 is 0 Å². The third kappa shape index (κ3) is 14.8. The molecule has 4 rings (SSSR count). The molecule has 0 unspecified atom stereocenters. The molecule has 1 aliphatic carbocycles. The Kier molecular flexibility index (Phi) is 20.3. The van der Waals surface area contributed by atoms with E-state index in [1.54, 1.807) is 13.3 Å². The Labute approximate surface area is 220 Å². The van der Waals surface area contributed by atoms with Gasteiger partial charge < -0.3 is 14.2 Å². The summed E-state index contributed by atoms with van der Waals surface area (Å²) < 4.78 is 15.8. The van der Waals surface area contributed by atoms with Gasteiger partial charge in [-0.15, -0.1) is 0 Å². The molecule has 1 fully saturated rings. The molecule has 0 spiro atoms. The highest BCUT2D eigenvalue weighted by molar-refractivity contribution is 5.31. The summed E-state index contributed by atoms with van der Waals surface area (Å²) in [5, 5.41) is 6.50. The molecule has 0 aliphatic heterocycles. The summed E-state index contributed by atoms with van der Waals surface area (Å²) in [5.74, 6) is 0. The van der Waals surface area contributed by atoms with Crippen molar-refractivity contribution in [1.29, 1.82) is 0 Å². The van der Waals surface area contributed by atoms with Gasteiger partial charge in [0, 0.05) is 25.3 Å². The van der Waals surface area contributed by atoms with Crippen LogP contribution in [0.25, 0.3) is 0 Å². The van der Waals surface area contributed by atoms with Gasteiger partial charge in [-0.25, -0.2) is 0 Å². The summed E-state index contributed by atoms with van der Waals surface area (Å²) in [7, 11) is 1.65. The molecule has 1 heterocycles. The number of nitrogens with one attached hydrogen (secondary N) is 1. The zero-order chi connectivity index (χ0) is 27.1. The molecule has 1 saturated carbocycles. The van der Waals surface area contributed by atoms with Gasteiger partial charge in [-0.3, -0.25) is 5.10 Å². The van der Waals surface area contributed by atoms with Gasteiger partial charge in [-0.05, 0) is 50.8 Å². The number of aromatic nitrogens is 2. The van der Waals surface area contributed by atoms with Gasteiger partial charge >= 0.3 is 0 Å². The fourth-order valence-corrected chi connectivity index (χ4v) is 3.10. The van der Waals surface area contributed by atoms with Crippen molar-refractivity contribution in [1.82, 2.24) is 10.2 Å². The molecule has 5 nitrogen and oxygen atoms in total. The first-order valence-corrected chi connectivity index (χ1v) is 13.4.